The highest BCUT2D eigenvalue weighted by Gasteiger charge is 2.29. The van der Waals surface area contributed by atoms with Gasteiger partial charge in [0, 0.05) is 18.8 Å². The summed E-state index contributed by atoms with van der Waals surface area (Å²) in [5.41, 5.74) is 0.661. The summed E-state index contributed by atoms with van der Waals surface area (Å²) in [5.74, 6) is -0.280. The molecule has 0 unspecified atom stereocenters. The van der Waals surface area contributed by atoms with E-state index in [0.717, 1.165) is 0 Å². The van der Waals surface area contributed by atoms with Crippen LogP contribution in [0.25, 0.3) is 6.08 Å². The minimum atomic E-state index is -0.698. The number of hydrogen-bond donors (Lipinski definition) is 2. The van der Waals surface area contributed by atoms with Gasteiger partial charge in [-0.2, -0.15) is 4.99 Å². The molecule has 2 heterocycles. The summed E-state index contributed by atoms with van der Waals surface area (Å²) >= 11 is 3.18. The molecule has 9 heteroatoms. The molecule has 3 amide bonds. The van der Waals surface area contributed by atoms with Crippen molar-refractivity contribution in [3.05, 3.63) is 58.3 Å². The molecule has 25 heavy (non-hydrogen) atoms. The molecule has 0 spiro atoms. The van der Waals surface area contributed by atoms with Crippen LogP contribution in [0.15, 0.2) is 56.2 Å². The van der Waals surface area contributed by atoms with Crippen molar-refractivity contribution in [3.63, 3.8) is 0 Å². The average molecular weight is 407 g/mol. The first-order valence-electron chi connectivity index (χ1n) is 7.10. The molecule has 1 fully saturated rings. The summed E-state index contributed by atoms with van der Waals surface area (Å²) < 4.78 is 18.7. The molecular formula is C16H12BrFN4O3. The SMILES string of the molecule is CN1/C(=C/c2ccc(Br)o2)C(=O)N/C1=N\C(=O)Nc1ccc(F)cc1. The first-order valence-corrected chi connectivity index (χ1v) is 7.89. The van der Waals surface area contributed by atoms with Gasteiger partial charge < -0.3 is 14.6 Å². The fourth-order valence-corrected chi connectivity index (χ4v) is 2.42. The van der Waals surface area contributed by atoms with E-state index in [-0.39, 0.29) is 11.7 Å². The maximum Gasteiger partial charge on any atom is 0.348 e. The number of hydrogen-bond acceptors (Lipinski definition) is 3. The highest BCUT2D eigenvalue weighted by atomic mass is 79.9. The largest absolute Gasteiger partial charge is 0.450 e. The van der Waals surface area contributed by atoms with Gasteiger partial charge in [0.25, 0.3) is 5.91 Å². The lowest BCUT2D eigenvalue weighted by Gasteiger charge is -2.10. The molecule has 1 saturated heterocycles. The number of urea groups is 1. The molecule has 7 nitrogen and oxygen atoms in total. The van der Waals surface area contributed by atoms with Crippen molar-refractivity contribution in [2.75, 3.05) is 12.4 Å². The highest BCUT2D eigenvalue weighted by Crippen LogP contribution is 2.20. The molecule has 0 aliphatic carbocycles. The number of halogens is 2. The zero-order valence-electron chi connectivity index (χ0n) is 12.9. The van der Waals surface area contributed by atoms with Crippen LogP contribution in [0.1, 0.15) is 5.76 Å². The Morgan fingerprint density at radius 2 is 2.04 bits per heavy atom. The van der Waals surface area contributed by atoms with E-state index in [1.807, 2.05) is 0 Å². The lowest BCUT2D eigenvalue weighted by Crippen LogP contribution is -2.29. The molecule has 2 aromatic rings. The van der Waals surface area contributed by atoms with E-state index in [0.29, 0.717) is 16.1 Å². The molecule has 0 saturated carbocycles. The Kier molecular flexibility index (Phi) is 4.66. The zero-order valence-corrected chi connectivity index (χ0v) is 14.5. The van der Waals surface area contributed by atoms with E-state index in [1.165, 1.54) is 35.2 Å². The van der Waals surface area contributed by atoms with Gasteiger partial charge in [-0.05, 0) is 52.3 Å². The number of rotatable bonds is 2. The van der Waals surface area contributed by atoms with Crippen molar-refractivity contribution in [3.8, 4) is 0 Å². The van der Waals surface area contributed by atoms with E-state index < -0.39 is 17.8 Å². The second-order valence-electron chi connectivity index (χ2n) is 5.06. The second-order valence-corrected chi connectivity index (χ2v) is 5.84. The van der Waals surface area contributed by atoms with Gasteiger partial charge in [0.1, 0.15) is 17.3 Å². The van der Waals surface area contributed by atoms with Crippen molar-refractivity contribution >= 4 is 45.6 Å². The Labute approximate surface area is 150 Å². The van der Waals surface area contributed by atoms with Crippen molar-refractivity contribution in [2.24, 2.45) is 4.99 Å². The molecule has 0 bridgehead atoms. The van der Waals surface area contributed by atoms with Crippen LogP contribution in [-0.2, 0) is 4.79 Å². The third-order valence-corrected chi connectivity index (χ3v) is 3.74. The first kappa shape index (κ1) is 16.9. The fourth-order valence-electron chi connectivity index (χ4n) is 2.10. The first-order chi connectivity index (χ1) is 11.9. The second kappa shape index (κ2) is 6.89. The molecule has 1 aromatic carbocycles. The van der Waals surface area contributed by atoms with Gasteiger partial charge >= 0.3 is 6.03 Å². The Morgan fingerprint density at radius 3 is 2.68 bits per heavy atom. The normalized spacial score (nSPS) is 17.2. The highest BCUT2D eigenvalue weighted by molar-refractivity contribution is 9.10. The molecule has 1 aliphatic rings. The molecule has 1 aliphatic heterocycles. The van der Waals surface area contributed by atoms with E-state index in [9.17, 15) is 14.0 Å². The van der Waals surface area contributed by atoms with Crippen LogP contribution >= 0.6 is 15.9 Å². The summed E-state index contributed by atoms with van der Waals surface area (Å²) in [6, 6.07) is 7.94. The number of anilines is 1. The van der Waals surface area contributed by atoms with Gasteiger partial charge in [-0.1, -0.05) is 0 Å². The number of amides is 3. The van der Waals surface area contributed by atoms with Crippen LogP contribution in [-0.4, -0.2) is 29.8 Å². The number of benzene rings is 1. The number of nitrogens with zero attached hydrogens (tertiary/aromatic N) is 2. The summed E-state index contributed by atoms with van der Waals surface area (Å²) in [7, 11) is 1.59. The van der Waals surface area contributed by atoms with Crippen molar-refractivity contribution < 1.29 is 18.4 Å². The maximum absolute atomic E-state index is 12.9. The Morgan fingerprint density at radius 1 is 1.32 bits per heavy atom. The predicted molar refractivity (Wildman–Crippen MR) is 93.1 cm³/mol. The van der Waals surface area contributed by atoms with Crippen molar-refractivity contribution in [2.45, 2.75) is 0 Å². The summed E-state index contributed by atoms with van der Waals surface area (Å²) in [5, 5.41) is 4.99. The molecule has 0 radical (unpaired) electrons. The number of carbonyl (C=O) groups is 2. The summed E-state index contributed by atoms with van der Waals surface area (Å²) in [6.45, 7) is 0. The molecule has 128 valence electrons. The Balaban J connectivity index is 1.75. The lowest BCUT2D eigenvalue weighted by atomic mass is 10.3. The van der Waals surface area contributed by atoms with Crippen LogP contribution < -0.4 is 10.6 Å². The van der Waals surface area contributed by atoms with Gasteiger partial charge in [-0.15, -0.1) is 0 Å². The Bertz CT molecular complexity index is 889. The summed E-state index contributed by atoms with van der Waals surface area (Å²) in [6.07, 6.45) is 1.53. The minimum absolute atomic E-state index is 0.0708. The molecule has 0 atom stereocenters. The van der Waals surface area contributed by atoms with Crippen LogP contribution in [0, 0.1) is 5.82 Å². The van der Waals surface area contributed by atoms with Crippen LogP contribution in [0.2, 0.25) is 0 Å². The van der Waals surface area contributed by atoms with E-state index in [2.05, 4.69) is 31.6 Å². The number of likely N-dealkylation sites (N-methyl/N-ethyl adjacent to an activating group) is 1. The summed E-state index contributed by atoms with van der Waals surface area (Å²) in [4.78, 5) is 29.3. The number of furan rings is 1. The Hall–Kier alpha value is -2.94. The third-order valence-electron chi connectivity index (χ3n) is 3.31. The predicted octanol–water partition coefficient (Wildman–Crippen LogP) is 3.17. The number of nitrogens with one attached hydrogen (secondary N) is 2. The maximum atomic E-state index is 12.9. The van der Waals surface area contributed by atoms with Gasteiger partial charge in [0.05, 0.1) is 0 Å². The quantitative estimate of drug-likeness (QED) is 0.749. The average Bonchev–Trinajstić information content (AvgIpc) is 3.08. The number of guanidine groups is 1. The molecular weight excluding hydrogens is 395 g/mol. The van der Waals surface area contributed by atoms with E-state index >= 15 is 0 Å². The van der Waals surface area contributed by atoms with Crippen LogP contribution in [0.3, 0.4) is 0 Å². The minimum Gasteiger partial charge on any atom is -0.450 e. The van der Waals surface area contributed by atoms with Crippen LogP contribution in [0.4, 0.5) is 14.9 Å². The van der Waals surface area contributed by atoms with Gasteiger partial charge in [-0.25, -0.2) is 9.18 Å². The van der Waals surface area contributed by atoms with Crippen molar-refractivity contribution in [1.29, 1.82) is 0 Å². The van der Waals surface area contributed by atoms with Crippen molar-refractivity contribution in [1.82, 2.24) is 10.2 Å². The van der Waals surface area contributed by atoms with E-state index in [4.69, 9.17) is 4.42 Å². The lowest BCUT2D eigenvalue weighted by molar-refractivity contribution is -0.115. The molecule has 3 rings (SSSR count). The van der Waals surface area contributed by atoms with Gasteiger partial charge in [0.15, 0.2) is 4.67 Å². The third kappa shape index (κ3) is 3.94. The number of carbonyl (C=O) groups excluding carboxylic acids is 2. The molecule has 2 N–H and O–H groups in total. The topological polar surface area (TPSA) is 86.9 Å². The van der Waals surface area contributed by atoms with Gasteiger partial charge in [0.2, 0.25) is 5.96 Å². The smallest absolute Gasteiger partial charge is 0.348 e. The van der Waals surface area contributed by atoms with Gasteiger partial charge in [-0.3, -0.25) is 10.1 Å². The molecule has 1 aromatic heterocycles. The standard InChI is InChI=1S/C16H12BrFN4O3/c1-22-12(8-11-6-7-13(17)25-11)14(23)20-15(22)21-16(24)19-10-4-2-9(18)3-5-10/h2-8H,1H3,(H2,19,20,21,23,24)/b12-8+. The monoisotopic (exact) mass is 406 g/mol. The number of aliphatic imine (C=N–C) groups is 1. The fraction of sp³-hybridized carbons (Fsp3) is 0.0625. The van der Waals surface area contributed by atoms with E-state index in [1.54, 1.807) is 19.2 Å². The van der Waals surface area contributed by atoms with Crippen LogP contribution in [0.5, 0.6) is 0 Å². The zero-order chi connectivity index (χ0) is 18.0.